The van der Waals surface area contributed by atoms with Crippen molar-refractivity contribution in [1.82, 2.24) is 4.98 Å². The second kappa shape index (κ2) is 11.3. The Kier molecular flexibility index (Phi) is 7.35. The number of carbonyl (C=O) groups is 4. The molecular formula is C38H30N2O4. The minimum atomic E-state index is -1.09. The van der Waals surface area contributed by atoms with Crippen molar-refractivity contribution < 1.29 is 19.2 Å². The van der Waals surface area contributed by atoms with E-state index in [0.29, 0.717) is 38.8 Å². The van der Waals surface area contributed by atoms with Gasteiger partial charge in [0.05, 0.1) is 28.0 Å². The van der Waals surface area contributed by atoms with Crippen molar-refractivity contribution in [2.24, 2.45) is 0 Å². The minimum absolute atomic E-state index is 0.289. The van der Waals surface area contributed by atoms with Crippen molar-refractivity contribution in [2.75, 3.05) is 4.90 Å². The van der Waals surface area contributed by atoms with Gasteiger partial charge in [0.2, 0.25) is 0 Å². The summed E-state index contributed by atoms with van der Waals surface area (Å²) in [5, 5.41) is 4.19. The molecule has 1 aliphatic carbocycles. The van der Waals surface area contributed by atoms with Crippen LogP contribution in [0.25, 0.3) is 32.4 Å². The quantitative estimate of drug-likeness (QED) is 0.152. The van der Waals surface area contributed by atoms with Gasteiger partial charge in [-0.1, -0.05) is 94.4 Å². The molecule has 0 N–H and O–H groups in total. The lowest BCUT2D eigenvalue weighted by atomic mass is 9.98. The predicted molar refractivity (Wildman–Crippen MR) is 175 cm³/mol. The second-order valence-electron chi connectivity index (χ2n) is 10.2. The fourth-order valence-corrected chi connectivity index (χ4v) is 5.98. The van der Waals surface area contributed by atoms with Crippen LogP contribution in [0.3, 0.4) is 0 Å². The first-order valence-electron chi connectivity index (χ1n) is 14.9. The number of carbonyl (C=O) groups excluding carboxylic acids is 4. The first kappa shape index (κ1) is 28.6. The number of pyridine rings is 1. The van der Waals surface area contributed by atoms with E-state index in [1.54, 1.807) is 48.5 Å². The summed E-state index contributed by atoms with van der Waals surface area (Å²) in [6, 6.07) is 30.9. The zero-order valence-corrected chi connectivity index (χ0v) is 24.9. The van der Waals surface area contributed by atoms with Crippen LogP contribution in [0.15, 0.2) is 103 Å². The van der Waals surface area contributed by atoms with Crippen LogP contribution >= 0.6 is 0 Å². The molecule has 2 amide bonds. The van der Waals surface area contributed by atoms with Crippen molar-refractivity contribution in [2.45, 2.75) is 33.6 Å². The molecule has 8 rings (SSSR count). The average Bonchev–Trinajstić information content (AvgIpc) is 3.46. The molecule has 6 aromatic rings. The van der Waals surface area contributed by atoms with Gasteiger partial charge in [-0.2, -0.15) is 0 Å². The van der Waals surface area contributed by atoms with Gasteiger partial charge in [-0.25, -0.2) is 9.88 Å². The molecule has 0 atom stereocenters. The number of para-hydroxylation sites is 1. The van der Waals surface area contributed by atoms with Gasteiger partial charge in [0.25, 0.3) is 11.8 Å². The highest BCUT2D eigenvalue weighted by molar-refractivity contribution is 6.37. The molecule has 44 heavy (non-hydrogen) atoms. The molecule has 216 valence electrons. The summed E-state index contributed by atoms with van der Waals surface area (Å²) in [5.74, 6) is -2.56. The fraction of sp³-hybridized carbons (Fsp3) is 0.132. The van der Waals surface area contributed by atoms with E-state index in [2.05, 4.69) is 0 Å². The lowest BCUT2D eigenvalue weighted by Crippen LogP contribution is -2.29. The number of aromatic nitrogens is 1. The van der Waals surface area contributed by atoms with Crippen LogP contribution in [-0.2, 0) is 0 Å². The van der Waals surface area contributed by atoms with Gasteiger partial charge in [0.15, 0.2) is 11.6 Å². The Morgan fingerprint density at radius 1 is 0.500 bits per heavy atom. The van der Waals surface area contributed by atoms with Crippen LogP contribution in [0.1, 0.15) is 80.7 Å². The monoisotopic (exact) mass is 578 g/mol. The number of hydrogen-bond acceptors (Lipinski definition) is 5. The maximum atomic E-state index is 13.6. The number of benzene rings is 5. The molecule has 0 bridgehead atoms. The number of imide groups is 1. The Morgan fingerprint density at radius 3 is 1.41 bits per heavy atom. The van der Waals surface area contributed by atoms with E-state index in [9.17, 15) is 19.2 Å². The number of anilines is 1. The zero-order chi connectivity index (χ0) is 31.1. The standard InChI is InChI=1S/C34H18N2O4.2C2H6/c37-31-23-14-19-6-1-2-7-20(19)15-24(23)32(38)29(31)27-13-12-18-10-5-11-28(30(18)35-27)36-33(39)25-16-21-8-3-4-9-22(21)17-26(25)34(36)40;2*1-2/h1-17,29H;2*1-2H3. The molecular weight excluding hydrogens is 548 g/mol. The third-order valence-corrected chi connectivity index (χ3v) is 7.95. The van der Waals surface area contributed by atoms with Gasteiger partial charge >= 0.3 is 0 Å². The van der Waals surface area contributed by atoms with Gasteiger partial charge in [-0.3, -0.25) is 19.2 Å². The van der Waals surface area contributed by atoms with Crippen LogP contribution in [-0.4, -0.2) is 28.4 Å². The van der Waals surface area contributed by atoms with Crippen molar-refractivity contribution in [3.05, 3.63) is 131 Å². The van der Waals surface area contributed by atoms with E-state index in [1.807, 2.05) is 82.3 Å². The summed E-state index contributed by atoms with van der Waals surface area (Å²) in [7, 11) is 0. The number of Topliss-reactive ketones (excluding diaryl/α,β-unsaturated/α-hetero) is 2. The molecule has 2 heterocycles. The van der Waals surface area contributed by atoms with E-state index in [0.717, 1.165) is 26.4 Å². The van der Waals surface area contributed by atoms with Crippen molar-refractivity contribution in [3.63, 3.8) is 0 Å². The molecule has 6 nitrogen and oxygen atoms in total. The number of ketones is 2. The van der Waals surface area contributed by atoms with E-state index in [4.69, 9.17) is 4.98 Å². The molecule has 0 spiro atoms. The van der Waals surface area contributed by atoms with Crippen LogP contribution in [0.5, 0.6) is 0 Å². The second-order valence-corrected chi connectivity index (χ2v) is 10.2. The van der Waals surface area contributed by atoms with Gasteiger partial charge in [0.1, 0.15) is 5.92 Å². The molecule has 1 aromatic heterocycles. The molecule has 2 aliphatic rings. The van der Waals surface area contributed by atoms with Crippen molar-refractivity contribution in [3.8, 4) is 0 Å². The highest BCUT2D eigenvalue weighted by Gasteiger charge is 2.42. The van der Waals surface area contributed by atoms with Crippen LogP contribution in [0.4, 0.5) is 5.69 Å². The molecule has 1 aliphatic heterocycles. The van der Waals surface area contributed by atoms with E-state index in [1.165, 1.54) is 0 Å². The molecule has 0 saturated heterocycles. The number of amides is 2. The number of nitrogens with zero attached hydrogens (tertiary/aromatic N) is 2. The van der Waals surface area contributed by atoms with Gasteiger partial charge < -0.3 is 0 Å². The van der Waals surface area contributed by atoms with E-state index >= 15 is 0 Å². The summed E-state index contributed by atoms with van der Waals surface area (Å²) in [5.41, 5.74) is 2.42. The summed E-state index contributed by atoms with van der Waals surface area (Å²) >= 11 is 0. The smallest absolute Gasteiger partial charge is 0.266 e. The third-order valence-electron chi connectivity index (χ3n) is 7.95. The van der Waals surface area contributed by atoms with Crippen LogP contribution in [0.2, 0.25) is 0 Å². The Hall–Kier alpha value is -5.49. The van der Waals surface area contributed by atoms with Gasteiger partial charge in [0, 0.05) is 16.5 Å². The SMILES string of the molecule is CC.CC.O=C1c2cc3ccccc3cc2C(=O)C1c1ccc2cccc(N3C(=O)c4cc5ccccc5cc4C3=O)c2n1. The summed E-state index contributed by atoms with van der Waals surface area (Å²) in [6.07, 6.45) is 0. The predicted octanol–water partition coefficient (Wildman–Crippen LogP) is 8.56. The Labute approximate surface area is 255 Å². The fourth-order valence-electron chi connectivity index (χ4n) is 5.98. The maximum absolute atomic E-state index is 13.6. The third kappa shape index (κ3) is 4.30. The van der Waals surface area contributed by atoms with Crippen molar-refractivity contribution in [1.29, 1.82) is 0 Å². The van der Waals surface area contributed by atoms with Crippen LogP contribution < -0.4 is 4.90 Å². The molecule has 0 fully saturated rings. The lowest BCUT2D eigenvalue weighted by Gasteiger charge is -2.17. The summed E-state index contributed by atoms with van der Waals surface area (Å²) < 4.78 is 0. The Balaban J connectivity index is 0.000000826. The topological polar surface area (TPSA) is 84.4 Å². The molecule has 6 heteroatoms. The average molecular weight is 579 g/mol. The van der Waals surface area contributed by atoms with Crippen molar-refractivity contribution >= 4 is 61.5 Å². The summed E-state index contributed by atoms with van der Waals surface area (Å²) in [4.78, 5) is 60.1. The largest absolute Gasteiger partial charge is 0.293 e. The number of fused-ring (bicyclic) bond motifs is 5. The molecule has 0 saturated carbocycles. The lowest BCUT2D eigenvalue weighted by molar-refractivity contribution is 0.0882. The maximum Gasteiger partial charge on any atom is 0.266 e. The van der Waals surface area contributed by atoms with Gasteiger partial charge in [-0.05, 0) is 57.9 Å². The molecule has 0 unspecified atom stereocenters. The highest BCUT2D eigenvalue weighted by Crippen LogP contribution is 2.39. The minimum Gasteiger partial charge on any atom is -0.293 e. The zero-order valence-electron chi connectivity index (χ0n) is 24.9. The first-order chi connectivity index (χ1) is 21.5. The Morgan fingerprint density at radius 2 is 0.932 bits per heavy atom. The van der Waals surface area contributed by atoms with E-state index in [-0.39, 0.29) is 17.3 Å². The highest BCUT2D eigenvalue weighted by atomic mass is 16.2. The number of rotatable bonds is 2. The number of hydrogen-bond donors (Lipinski definition) is 0. The van der Waals surface area contributed by atoms with Crippen LogP contribution in [0, 0.1) is 0 Å². The normalized spacial score (nSPS) is 14.0. The Bertz CT molecular complexity index is 2060. The first-order valence-corrected chi connectivity index (χ1v) is 14.9. The van der Waals surface area contributed by atoms with E-state index < -0.39 is 17.7 Å². The molecule has 0 radical (unpaired) electrons. The molecule has 5 aromatic carbocycles. The van der Waals surface area contributed by atoms with Gasteiger partial charge in [-0.15, -0.1) is 0 Å². The summed E-state index contributed by atoms with van der Waals surface area (Å²) in [6.45, 7) is 8.00.